The van der Waals surface area contributed by atoms with Crippen molar-refractivity contribution in [2.45, 2.75) is 12.8 Å². The number of hydrogen-bond acceptors (Lipinski definition) is 5. The van der Waals surface area contributed by atoms with Crippen molar-refractivity contribution in [3.8, 4) is 17.1 Å². The van der Waals surface area contributed by atoms with Crippen LogP contribution in [-0.4, -0.2) is 39.1 Å². The van der Waals surface area contributed by atoms with E-state index in [4.69, 9.17) is 4.74 Å². The second-order valence-electron chi connectivity index (χ2n) is 5.69. The third-order valence-electron chi connectivity index (χ3n) is 4.12. The van der Waals surface area contributed by atoms with Crippen molar-refractivity contribution >= 4 is 33.3 Å². The topological polar surface area (TPSA) is 72.6 Å². The van der Waals surface area contributed by atoms with Gasteiger partial charge in [0.05, 0.1) is 13.3 Å². The minimum Gasteiger partial charge on any atom is -0.493 e. The summed E-state index contributed by atoms with van der Waals surface area (Å²) in [5.41, 5.74) is 0.504. The Morgan fingerprint density at radius 1 is 1.27 bits per heavy atom. The van der Waals surface area contributed by atoms with E-state index in [0.717, 1.165) is 12.5 Å². The van der Waals surface area contributed by atoms with Crippen LogP contribution < -0.4 is 9.64 Å². The fourth-order valence-electron chi connectivity index (χ4n) is 2.88. The van der Waals surface area contributed by atoms with Gasteiger partial charge in [-0.1, -0.05) is 0 Å². The molecule has 0 spiro atoms. The molecule has 0 atom stereocenters. The van der Waals surface area contributed by atoms with Crippen molar-refractivity contribution < 1.29 is 18.3 Å². The second kappa shape index (κ2) is 6.27. The summed E-state index contributed by atoms with van der Waals surface area (Å²) in [5.74, 6) is -1.01. The number of rotatable bonds is 3. The number of halogens is 3. The zero-order valence-corrected chi connectivity index (χ0v) is 15.1. The molecular weight excluding hydrogens is 412 g/mol. The molecule has 0 aromatic carbocycles. The van der Waals surface area contributed by atoms with Crippen LogP contribution in [0.3, 0.4) is 0 Å². The van der Waals surface area contributed by atoms with Gasteiger partial charge in [-0.25, -0.2) is 23.3 Å². The molecule has 0 saturated carbocycles. The molecule has 1 amide bonds. The summed E-state index contributed by atoms with van der Waals surface area (Å²) in [6, 6.07) is 2.34. The number of methoxy groups -OCH3 is 1. The van der Waals surface area contributed by atoms with Crippen molar-refractivity contribution in [3.05, 3.63) is 34.6 Å². The second-order valence-corrected chi connectivity index (χ2v) is 6.44. The van der Waals surface area contributed by atoms with Gasteiger partial charge in [-0.2, -0.15) is 0 Å². The first-order valence-corrected chi connectivity index (χ1v) is 8.54. The average Bonchev–Trinajstić information content (AvgIpc) is 3.22. The number of nitrogens with zero attached hydrogens (tertiary/aromatic N) is 5. The summed E-state index contributed by atoms with van der Waals surface area (Å²) in [5, 5.41) is 4.43. The monoisotopic (exact) mass is 423 g/mol. The van der Waals surface area contributed by atoms with Gasteiger partial charge in [0.25, 0.3) is 0 Å². The van der Waals surface area contributed by atoms with E-state index in [-0.39, 0.29) is 21.9 Å². The quantitative estimate of drug-likeness (QED) is 0.605. The summed E-state index contributed by atoms with van der Waals surface area (Å²) in [6.07, 6.45) is 2.54. The SMILES string of the molecule is COc1cc2ncc(-c3nc(Br)c(F)cc3F)n2nc1N1CCCC1=O. The first-order chi connectivity index (χ1) is 12.5. The number of carbonyl (C=O) groups is 1. The molecule has 3 aromatic heterocycles. The van der Waals surface area contributed by atoms with E-state index < -0.39 is 11.6 Å². The lowest BCUT2D eigenvalue weighted by Crippen LogP contribution is -2.26. The molecule has 134 valence electrons. The van der Waals surface area contributed by atoms with E-state index in [1.165, 1.54) is 22.7 Å². The normalized spacial score (nSPS) is 14.5. The predicted molar refractivity (Wildman–Crippen MR) is 92.0 cm³/mol. The molecule has 1 aliphatic rings. The molecule has 1 saturated heterocycles. The van der Waals surface area contributed by atoms with E-state index in [9.17, 15) is 13.6 Å². The van der Waals surface area contributed by atoms with Crippen LogP contribution >= 0.6 is 15.9 Å². The summed E-state index contributed by atoms with van der Waals surface area (Å²) in [6.45, 7) is 0.520. The van der Waals surface area contributed by atoms with E-state index in [2.05, 4.69) is 31.0 Å². The molecule has 1 aliphatic heterocycles. The molecule has 26 heavy (non-hydrogen) atoms. The van der Waals surface area contributed by atoms with E-state index >= 15 is 0 Å². The van der Waals surface area contributed by atoms with Gasteiger partial charge in [0.1, 0.15) is 16.0 Å². The zero-order chi connectivity index (χ0) is 18.4. The van der Waals surface area contributed by atoms with E-state index in [1.807, 2.05) is 0 Å². The van der Waals surface area contributed by atoms with Gasteiger partial charge < -0.3 is 4.74 Å². The fourth-order valence-corrected chi connectivity index (χ4v) is 3.18. The van der Waals surface area contributed by atoms with Crippen molar-refractivity contribution in [3.63, 3.8) is 0 Å². The van der Waals surface area contributed by atoms with Crippen LogP contribution in [0.4, 0.5) is 14.6 Å². The van der Waals surface area contributed by atoms with Crippen LogP contribution in [0.1, 0.15) is 12.8 Å². The number of hydrogen-bond donors (Lipinski definition) is 0. The van der Waals surface area contributed by atoms with Crippen LogP contribution in [-0.2, 0) is 4.79 Å². The highest BCUT2D eigenvalue weighted by molar-refractivity contribution is 9.10. The van der Waals surface area contributed by atoms with Gasteiger partial charge in [0.2, 0.25) is 5.91 Å². The summed E-state index contributed by atoms with van der Waals surface area (Å²) in [4.78, 5) is 21.7. The molecule has 4 heterocycles. The van der Waals surface area contributed by atoms with Crippen molar-refractivity contribution in [2.24, 2.45) is 0 Å². The molecule has 1 fully saturated rings. The molecule has 0 unspecified atom stereocenters. The number of carbonyl (C=O) groups excluding carboxylic acids is 1. The molecule has 10 heteroatoms. The Hall–Kier alpha value is -2.62. The Bertz CT molecular complexity index is 1040. The molecule has 7 nitrogen and oxygen atoms in total. The number of ether oxygens (including phenoxy) is 1. The van der Waals surface area contributed by atoms with Gasteiger partial charge in [-0.3, -0.25) is 9.69 Å². The van der Waals surface area contributed by atoms with Gasteiger partial charge >= 0.3 is 0 Å². The first kappa shape index (κ1) is 16.8. The highest BCUT2D eigenvalue weighted by Gasteiger charge is 2.27. The molecule has 3 aromatic rings. The van der Waals surface area contributed by atoms with Crippen LogP contribution in [0.5, 0.6) is 5.75 Å². The highest BCUT2D eigenvalue weighted by Crippen LogP contribution is 2.32. The standard InChI is InChI=1S/C16H12BrF2N5O2/c1-26-11-6-12-20-7-10(14-8(18)5-9(19)15(17)21-14)24(12)22-16(11)23-4-2-3-13(23)25/h5-7H,2-4H2,1H3. The Kier molecular flexibility index (Phi) is 4.06. The minimum absolute atomic E-state index is 0.0642. The summed E-state index contributed by atoms with van der Waals surface area (Å²) in [7, 11) is 1.47. The molecule has 0 radical (unpaired) electrons. The third-order valence-corrected chi connectivity index (χ3v) is 4.67. The van der Waals surface area contributed by atoms with Crippen molar-refractivity contribution in [1.82, 2.24) is 19.6 Å². The molecule has 4 rings (SSSR count). The number of amides is 1. The maximum Gasteiger partial charge on any atom is 0.228 e. The number of imidazole rings is 1. The zero-order valence-electron chi connectivity index (χ0n) is 13.5. The largest absolute Gasteiger partial charge is 0.493 e. The maximum atomic E-state index is 14.2. The molecule has 0 N–H and O–H groups in total. The average molecular weight is 424 g/mol. The summed E-state index contributed by atoms with van der Waals surface area (Å²) < 4.78 is 34.3. The van der Waals surface area contributed by atoms with Crippen molar-refractivity contribution in [2.75, 3.05) is 18.6 Å². The summed E-state index contributed by atoms with van der Waals surface area (Å²) >= 11 is 2.95. The highest BCUT2D eigenvalue weighted by atomic mass is 79.9. The number of fused-ring (bicyclic) bond motifs is 1. The van der Waals surface area contributed by atoms with Gasteiger partial charge in [-0.05, 0) is 22.4 Å². The number of aromatic nitrogens is 4. The van der Waals surface area contributed by atoms with E-state index in [1.54, 1.807) is 6.07 Å². The Morgan fingerprint density at radius 2 is 2.08 bits per heavy atom. The van der Waals surface area contributed by atoms with Crippen molar-refractivity contribution in [1.29, 1.82) is 0 Å². The van der Waals surface area contributed by atoms with Gasteiger partial charge in [-0.15, -0.1) is 5.10 Å². The Balaban J connectivity index is 1.93. The smallest absolute Gasteiger partial charge is 0.228 e. The van der Waals surface area contributed by atoms with Crippen LogP contribution in [0.25, 0.3) is 17.0 Å². The fraction of sp³-hybridized carbons (Fsp3) is 0.250. The van der Waals surface area contributed by atoms with Gasteiger partial charge in [0, 0.05) is 25.1 Å². The lowest BCUT2D eigenvalue weighted by Gasteiger charge is -2.17. The first-order valence-electron chi connectivity index (χ1n) is 7.74. The van der Waals surface area contributed by atoms with Crippen LogP contribution in [0.2, 0.25) is 0 Å². The minimum atomic E-state index is -0.844. The number of anilines is 1. The Labute approximate surface area is 154 Å². The molecule has 0 bridgehead atoms. The lowest BCUT2D eigenvalue weighted by atomic mass is 10.3. The van der Waals surface area contributed by atoms with E-state index in [0.29, 0.717) is 30.2 Å². The Morgan fingerprint density at radius 3 is 2.77 bits per heavy atom. The number of pyridine rings is 1. The van der Waals surface area contributed by atoms with Crippen LogP contribution in [0, 0.1) is 11.6 Å². The molecular formula is C16H12BrF2N5O2. The predicted octanol–water partition coefficient (Wildman–Crippen LogP) is 2.97. The third kappa shape index (κ3) is 2.61. The van der Waals surface area contributed by atoms with Crippen LogP contribution in [0.15, 0.2) is 22.9 Å². The lowest BCUT2D eigenvalue weighted by molar-refractivity contribution is -0.117. The maximum absolute atomic E-state index is 14.2. The molecule has 0 aliphatic carbocycles. The van der Waals surface area contributed by atoms with Gasteiger partial charge in [0.15, 0.2) is 28.8 Å².